The Labute approximate surface area is 115 Å². The number of rotatable bonds is 8. The maximum atomic E-state index is 11.7. The Morgan fingerprint density at radius 3 is 2.42 bits per heavy atom. The summed E-state index contributed by atoms with van der Waals surface area (Å²) in [6, 6.07) is -0.248. The highest BCUT2D eigenvalue weighted by Crippen LogP contribution is 2.19. The predicted molar refractivity (Wildman–Crippen MR) is 77.1 cm³/mol. The molecule has 0 bridgehead atoms. The summed E-state index contributed by atoms with van der Waals surface area (Å²) in [7, 11) is 0. The van der Waals surface area contributed by atoms with E-state index in [0.717, 1.165) is 0 Å². The van der Waals surface area contributed by atoms with Crippen LogP contribution in [-0.2, 0) is 4.79 Å². The van der Waals surface area contributed by atoms with Gasteiger partial charge in [0, 0.05) is 12.0 Å². The number of carbonyl (C=O) groups excluding carboxylic acids is 1. The van der Waals surface area contributed by atoms with Crippen LogP contribution >= 0.6 is 0 Å². The maximum absolute atomic E-state index is 11.7. The summed E-state index contributed by atoms with van der Waals surface area (Å²) in [4.78, 5) is 11.7. The van der Waals surface area contributed by atoms with Crippen molar-refractivity contribution < 1.29 is 10.0 Å². The molecular weight excluding hydrogens is 244 g/mol. The third-order valence-electron chi connectivity index (χ3n) is 3.08. The van der Waals surface area contributed by atoms with Gasteiger partial charge >= 0.3 is 0 Å². The van der Waals surface area contributed by atoms with E-state index in [4.69, 9.17) is 10.9 Å². The molecule has 0 aromatic carbocycles. The van der Waals surface area contributed by atoms with E-state index in [1.807, 2.05) is 20.8 Å². The molecule has 0 rings (SSSR count). The molecule has 0 aliphatic heterocycles. The zero-order valence-corrected chi connectivity index (χ0v) is 12.7. The van der Waals surface area contributed by atoms with Crippen LogP contribution in [-0.4, -0.2) is 36.1 Å². The van der Waals surface area contributed by atoms with Gasteiger partial charge in [-0.05, 0) is 25.8 Å². The Balaban J connectivity index is 4.04. The molecule has 0 saturated carbocycles. The molecule has 0 spiro atoms. The van der Waals surface area contributed by atoms with E-state index in [1.165, 1.54) is 0 Å². The lowest BCUT2D eigenvalue weighted by molar-refractivity contribution is -0.122. The highest BCUT2D eigenvalue weighted by atomic mass is 16.4. The van der Waals surface area contributed by atoms with E-state index < -0.39 is 5.41 Å². The Kier molecular flexibility index (Phi) is 7.44. The minimum absolute atomic E-state index is 0.00435. The summed E-state index contributed by atoms with van der Waals surface area (Å²) in [5.74, 6) is 0.636. The molecule has 0 aliphatic rings. The standard InChI is InChI=1S/C13H28N4O2/c1-9(2)8-16-11(18)10(3)15-7-6-13(4,5)12(14)17-19/h9-10,15,19H,6-8H2,1-5H3,(H2,14,17)(H,16,18). The first kappa shape index (κ1) is 17.7. The van der Waals surface area contributed by atoms with Crippen LogP contribution in [0.2, 0.25) is 0 Å². The number of nitrogens with zero attached hydrogens (tertiary/aromatic N) is 1. The Morgan fingerprint density at radius 2 is 1.95 bits per heavy atom. The van der Waals surface area contributed by atoms with Crippen molar-refractivity contribution in [3.63, 3.8) is 0 Å². The third kappa shape index (κ3) is 7.00. The average molecular weight is 272 g/mol. The van der Waals surface area contributed by atoms with Gasteiger partial charge in [0.25, 0.3) is 0 Å². The molecular formula is C13H28N4O2. The molecule has 0 radical (unpaired) electrons. The SMILES string of the molecule is CC(C)CNC(=O)C(C)NCCC(C)(C)C(N)=NO. The van der Waals surface area contributed by atoms with Crippen LogP contribution in [0.1, 0.15) is 41.0 Å². The number of nitrogens with two attached hydrogens (primary N) is 1. The Bertz CT molecular complexity index is 314. The molecule has 1 amide bonds. The first-order valence-corrected chi connectivity index (χ1v) is 6.69. The van der Waals surface area contributed by atoms with Gasteiger partial charge < -0.3 is 21.6 Å². The van der Waals surface area contributed by atoms with Crippen molar-refractivity contribution in [1.82, 2.24) is 10.6 Å². The lowest BCUT2D eigenvalue weighted by Crippen LogP contribution is -2.45. The number of nitrogens with one attached hydrogen (secondary N) is 2. The lowest BCUT2D eigenvalue weighted by atomic mass is 9.88. The van der Waals surface area contributed by atoms with Gasteiger partial charge in [0.2, 0.25) is 5.91 Å². The van der Waals surface area contributed by atoms with E-state index in [1.54, 1.807) is 0 Å². The third-order valence-corrected chi connectivity index (χ3v) is 3.08. The Morgan fingerprint density at radius 1 is 1.37 bits per heavy atom. The van der Waals surface area contributed by atoms with Crippen LogP contribution in [0, 0.1) is 11.3 Å². The maximum Gasteiger partial charge on any atom is 0.236 e. The molecule has 6 nitrogen and oxygen atoms in total. The normalized spacial score (nSPS) is 14.5. The fourth-order valence-electron chi connectivity index (χ4n) is 1.42. The van der Waals surface area contributed by atoms with Crippen molar-refractivity contribution >= 4 is 11.7 Å². The number of amides is 1. The second kappa shape index (κ2) is 7.99. The van der Waals surface area contributed by atoms with Crippen LogP contribution in [0.25, 0.3) is 0 Å². The largest absolute Gasteiger partial charge is 0.409 e. The molecule has 0 aliphatic carbocycles. The van der Waals surface area contributed by atoms with Crippen molar-refractivity contribution in [2.45, 2.75) is 47.1 Å². The van der Waals surface area contributed by atoms with Crippen molar-refractivity contribution in [2.24, 2.45) is 22.2 Å². The quantitative estimate of drug-likeness (QED) is 0.228. The van der Waals surface area contributed by atoms with E-state index in [0.29, 0.717) is 25.4 Å². The van der Waals surface area contributed by atoms with Crippen LogP contribution in [0.4, 0.5) is 0 Å². The smallest absolute Gasteiger partial charge is 0.236 e. The molecule has 0 fully saturated rings. The second-order valence-corrected chi connectivity index (χ2v) is 5.93. The van der Waals surface area contributed by atoms with Crippen LogP contribution < -0.4 is 16.4 Å². The van der Waals surface area contributed by atoms with E-state index in [-0.39, 0.29) is 17.8 Å². The van der Waals surface area contributed by atoms with Gasteiger partial charge in [0.1, 0.15) is 5.84 Å². The van der Waals surface area contributed by atoms with Crippen molar-refractivity contribution in [2.75, 3.05) is 13.1 Å². The fraction of sp³-hybridized carbons (Fsp3) is 0.846. The first-order valence-electron chi connectivity index (χ1n) is 6.69. The molecule has 1 atom stereocenters. The number of hydrogen-bond acceptors (Lipinski definition) is 4. The van der Waals surface area contributed by atoms with Gasteiger partial charge in [-0.3, -0.25) is 4.79 Å². The molecule has 112 valence electrons. The number of oxime groups is 1. The molecule has 0 aromatic heterocycles. The molecule has 6 heteroatoms. The van der Waals surface area contributed by atoms with Gasteiger partial charge in [0.15, 0.2) is 0 Å². The molecule has 0 aromatic rings. The number of hydrogen-bond donors (Lipinski definition) is 4. The zero-order chi connectivity index (χ0) is 15.1. The van der Waals surface area contributed by atoms with Gasteiger partial charge in [-0.25, -0.2) is 0 Å². The van der Waals surface area contributed by atoms with Crippen molar-refractivity contribution in [3.8, 4) is 0 Å². The minimum Gasteiger partial charge on any atom is -0.409 e. The monoisotopic (exact) mass is 272 g/mol. The molecule has 19 heavy (non-hydrogen) atoms. The highest BCUT2D eigenvalue weighted by molar-refractivity contribution is 5.85. The van der Waals surface area contributed by atoms with Gasteiger partial charge in [-0.1, -0.05) is 32.9 Å². The zero-order valence-electron chi connectivity index (χ0n) is 12.7. The van der Waals surface area contributed by atoms with Gasteiger partial charge in [-0.15, -0.1) is 0 Å². The molecule has 0 heterocycles. The number of carbonyl (C=O) groups is 1. The average Bonchev–Trinajstić information content (AvgIpc) is 2.34. The molecule has 1 unspecified atom stereocenters. The minimum atomic E-state index is -0.393. The predicted octanol–water partition coefficient (Wildman–Crippen LogP) is 0.899. The fourth-order valence-corrected chi connectivity index (χ4v) is 1.42. The van der Waals surface area contributed by atoms with Crippen LogP contribution in [0.5, 0.6) is 0 Å². The van der Waals surface area contributed by atoms with Gasteiger partial charge in [0.05, 0.1) is 6.04 Å². The molecule has 0 saturated heterocycles. The van der Waals surface area contributed by atoms with E-state index in [2.05, 4.69) is 29.6 Å². The summed E-state index contributed by atoms with van der Waals surface area (Å²) >= 11 is 0. The van der Waals surface area contributed by atoms with Crippen molar-refractivity contribution in [3.05, 3.63) is 0 Å². The topological polar surface area (TPSA) is 99.7 Å². The Hall–Kier alpha value is -1.30. The van der Waals surface area contributed by atoms with Crippen LogP contribution in [0.3, 0.4) is 0 Å². The number of amidine groups is 1. The highest BCUT2D eigenvalue weighted by Gasteiger charge is 2.23. The molecule has 5 N–H and O–H groups in total. The first-order chi connectivity index (χ1) is 8.70. The van der Waals surface area contributed by atoms with Gasteiger partial charge in [-0.2, -0.15) is 0 Å². The summed E-state index contributed by atoms with van der Waals surface area (Å²) in [6.45, 7) is 11.0. The van der Waals surface area contributed by atoms with Crippen molar-refractivity contribution in [1.29, 1.82) is 0 Å². The summed E-state index contributed by atoms with van der Waals surface area (Å²) < 4.78 is 0. The summed E-state index contributed by atoms with van der Waals surface area (Å²) in [5.41, 5.74) is 5.21. The van der Waals surface area contributed by atoms with E-state index >= 15 is 0 Å². The van der Waals surface area contributed by atoms with Crippen LogP contribution in [0.15, 0.2) is 5.16 Å². The summed E-state index contributed by atoms with van der Waals surface area (Å²) in [6.07, 6.45) is 0.685. The second-order valence-electron chi connectivity index (χ2n) is 5.93. The summed E-state index contributed by atoms with van der Waals surface area (Å²) in [5, 5.41) is 17.7. The van der Waals surface area contributed by atoms with E-state index in [9.17, 15) is 4.79 Å². The lowest BCUT2D eigenvalue weighted by Gasteiger charge is -2.24.